The molecular formula is C37H52O6. The molecule has 8 rings (SSSR count). The first-order valence-electron chi connectivity index (χ1n) is 17.4. The van der Waals surface area contributed by atoms with Crippen molar-refractivity contribution in [2.45, 2.75) is 135 Å². The smallest absolute Gasteiger partial charge is 0.159 e. The van der Waals surface area contributed by atoms with Crippen molar-refractivity contribution in [3.8, 4) is 11.8 Å². The van der Waals surface area contributed by atoms with Crippen LogP contribution in [0.15, 0.2) is 11.6 Å². The predicted octanol–water partition coefficient (Wildman–Crippen LogP) is 4.30. The van der Waals surface area contributed by atoms with Crippen LogP contribution in [-0.4, -0.2) is 62.3 Å². The molecule has 4 bridgehead atoms. The second-order valence-electron chi connectivity index (χ2n) is 17.5. The maximum atomic E-state index is 15.0. The molecule has 0 aliphatic heterocycles. The highest BCUT2D eigenvalue weighted by Gasteiger charge is 2.81. The largest absolute Gasteiger partial charge is 0.394 e. The Bertz CT molecular complexity index is 1340. The summed E-state index contributed by atoms with van der Waals surface area (Å²) in [4.78, 5) is 15.0. The summed E-state index contributed by atoms with van der Waals surface area (Å²) in [5, 5.41) is 57.1. The third kappa shape index (κ3) is 3.01. The predicted molar refractivity (Wildman–Crippen MR) is 161 cm³/mol. The average Bonchev–Trinajstić information content (AvgIpc) is 3.05. The van der Waals surface area contributed by atoms with Gasteiger partial charge in [0.05, 0.1) is 24.9 Å². The van der Waals surface area contributed by atoms with Gasteiger partial charge in [0.2, 0.25) is 0 Å². The molecule has 0 heterocycles. The zero-order valence-corrected chi connectivity index (χ0v) is 26.4. The fraction of sp³-hybridized carbons (Fsp3) is 0.865. The van der Waals surface area contributed by atoms with E-state index in [0.29, 0.717) is 25.2 Å². The highest BCUT2D eigenvalue weighted by atomic mass is 16.3. The molecule has 236 valence electrons. The monoisotopic (exact) mass is 592 g/mol. The molecule has 0 aromatic heterocycles. The van der Waals surface area contributed by atoms with E-state index in [-0.39, 0.29) is 33.9 Å². The van der Waals surface area contributed by atoms with E-state index in [4.69, 9.17) is 0 Å². The van der Waals surface area contributed by atoms with Crippen LogP contribution in [0, 0.1) is 67.5 Å². The van der Waals surface area contributed by atoms with Gasteiger partial charge in [-0.15, -0.1) is 5.92 Å². The number of allylic oxidation sites excluding steroid dienone is 2. The molecule has 6 fully saturated rings. The van der Waals surface area contributed by atoms with Crippen molar-refractivity contribution in [2.75, 3.05) is 6.61 Å². The summed E-state index contributed by atoms with van der Waals surface area (Å²) in [6.07, 6.45) is 10.9. The van der Waals surface area contributed by atoms with Crippen molar-refractivity contribution in [1.82, 2.24) is 0 Å². The second kappa shape index (κ2) is 8.77. The maximum absolute atomic E-state index is 15.0. The van der Waals surface area contributed by atoms with Crippen molar-refractivity contribution in [3.05, 3.63) is 11.6 Å². The normalized spacial score (nSPS) is 58.7. The van der Waals surface area contributed by atoms with Crippen LogP contribution in [0.25, 0.3) is 0 Å². The van der Waals surface area contributed by atoms with Crippen molar-refractivity contribution in [1.29, 1.82) is 0 Å². The van der Waals surface area contributed by atoms with E-state index in [1.165, 1.54) is 12.0 Å². The highest BCUT2D eigenvalue weighted by molar-refractivity contribution is 5.96. The van der Waals surface area contributed by atoms with Gasteiger partial charge >= 0.3 is 0 Å². The fourth-order valence-electron chi connectivity index (χ4n) is 15.0. The Morgan fingerprint density at radius 1 is 0.930 bits per heavy atom. The molecule has 6 nitrogen and oxygen atoms in total. The molecule has 0 saturated heterocycles. The number of aliphatic hydroxyl groups excluding tert-OH is 5. The molecule has 3 spiro atoms. The summed E-state index contributed by atoms with van der Waals surface area (Å²) in [6, 6.07) is 0. The molecule has 5 N–H and O–H groups in total. The van der Waals surface area contributed by atoms with Gasteiger partial charge in [-0.05, 0) is 118 Å². The molecule has 0 aromatic carbocycles. The Morgan fingerprint density at radius 3 is 2.47 bits per heavy atom. The Kier molecular flexibility index (Phi) is 5.95. The third-order valence-electron chi connectivity index (χ3n) is 16.9. The van der Waals surface area contributed by atoms with Gasteiger partial charge in [-0.3, -0.25) is 4.79 Å². The maximum Gasteiger partial charge on any atom is 0.159 e. The van der Waals surface area contributed by atoms with Gasteiger partial charge in [-0.25, -0.2) is 0 Å². The number of aliphatic hydroxyl groups is 5. The number of carbonyl (C=O) groups is 1. The summed E-state index contributed by atoms with van der Waals surface area (Å²) in [5.74, 6) is 6.68. The summed E-state index contributed by atoms with van der Waals surface area (Å²) >= 11 is 0. The number of hydrogen-bond acceptors (Lipinski definition) is 6. The van der Waals surface area contributed by atoms with Gasteiger partial charge in [0.25, 0.3) is 0 Å². The quantitative estimate of drug-likeness (QED) is 0.305. The van der Waals surface area contributed by atoms with E-state index in [1.807, 2.05) is 6.92 Å². The molecule has 0 aromatic rings. The molecule has 8 aliphatic carbocycles. The Labute approximate surface area is 256 Å². The van der Waals surface area contributed by atoms with Gasteiger partial charge in [0, 0.05) is 34.0 Å². The van der Waals surface area contributed by atoms with Crippen LogP contribution in [0.4, 0.5) is 0 Å². The number of rotatable bonds is 2. The molecule has 0 amide bonds. The first-order valence-corrected chi connectivity index (χ1v) is 17.4. The molecular weight excluding hydrogens is 540 g/mol. The first kappa shape index (κ1) is 29.2. The lowest BCUT2D eigenvalue weighted by Crippen LogP contribution is -2.77. The van der Waals surface area contributed by atoms with Crippen molar-refractivity contribution in [2.24, 2.45) is 55.7 Å². The zero-order valence-electron chi connectivity index (χ0n) is 26.4. The number of fused-ring (bicyclic) bond motifs is 4. The minimum atomic E-state index is -1.06. The molecule has 8 aliphatic rings. The van der Waals surface area contributed by atoms with Gasteiger partial charge < -0.3 is 25.5 Å². The van der Waals surface area contributed by atoms with Crippen LogP contribution in [0.2, 0.25) is 0 Å². The van der Waals surface area contributed by atoms with Crippen LogP contribution in [0.5, 0.6) is 0 Å². The number of hydrogen-bond donors (Lipinski definition) is 5. The second-order valence-corrected chi connectivity index (χ2v) is 17.5. The zero-order chi connectivity index (χ0) is 30.4. The van der Waals surface area contributed by atoms with E-state index in [9.17, 15) is 30.3 Å². The lowest BCUT2D eigenvalue weighted by Gasteiger charge is -2.79. The lowest BCUT2D eigenvalue weighted by molar-refractivity contribution is -0.286. The first-order chi connectivity index (χ1) is 20.3. The number of ketones is 1. The molecule has 43 heavy (non-hydrogen) atoms. The Balaban J connectivity index is 1.34. The van der Waals surface area contributed by atoms with Crippen LogP contribution >= 0.6 is 0 Å². The standard InChI is InChI=1S/C37H52O6/c1-31-12-10-26(40)33(3,29(43)20-38)24(31)9-13-32(2)30(31)23(39)18-25-35(32)15-8-22-7-14-34-11-5-4-6-27(41)36(17-16-34,28(42)19-35)37(22,25)21-34/h18,22,24,26-30,38,40-43H,5,7-17,19-21H2,1-3H3/t22-,24+,26+,27+,28+,29-,30-,31+,32-,33+,34-,35-,36+,37+/m1/s1. The third-order valence-corrected chi connectivity index (χ3v) is 16.9. The number of carbonyl (C=O) groups excluding carboxylic acids is 1. The Morgan fingerprint density at radius 2 is 1.70 bits per heavy atom. The van der Waals surface area contributed by atoms with Crippen molar-refractivity contribution in [3.63, 3.8) is 0 Å². The van der Waals surface area contributed by atoms with E-state index >= 15 is 0 Å². The SMILES string of the molecule is C[C@]12CC[C@H](O)[C@@](C)([C@H](O)CO)[C@H]1CC[C@]1(C)[C@@H]2C(=O)C=C2[C@]13CC[C@H]1CC[C@]45CCC#C[C@H](O)[C@@](CC4)([C@@H](O)C3)[C@]21C5. The molecule has 6 saturated carbocycles. The molecule has 0 unspecified atom stereocenters. The van der Waals surface area contributed by atoms with Crippen LogP contribution in [0.3, 0.4) is 0 Å². The molecule has 0 radical (unpaired) electrons. The van der Waals surface area contributed by atoms with Gasteiger partial charge in [0.1, 0.15) is 6.10 Å². The molecule has 6 heteroatoms. The van der Waals surface area contributed by atoms with Crippen molar-refractivity contribution < 1.29 is 30.3 Å². The average molecular weight is 593 g/mol. The van der Waals surface area contributed by atoms with Gasteiger partial charge in [-0.2, -0.15) is 0 Å². The summed E-state index contributed by atoms with van der Waals surface area (Å²) in [7, 11) is 0. The summed E-state index contributed by atoms with van der Waals surface area (Å²) < 4.78 is 0. The lowest BCUT2D eigenvalue weighted by atomic mass is 9.24. The van der Waals surface area contributed by atoms with E-state index in [2.05, 4.69) is 31.8 Å². The Hall–Kier alpha value is -1.23. The van der Waals surface area contributed by atoms with Gasteiger partial charge in [0.15, 0.2) is 5.78 Å². The highest BCUT2D eigenvalue weighted by Crippen LogP contribution is 2.84. The van der Waals surface area contributed by atoms with Crippen molar-refractivity contribution >= 4 is 5.78 Å². The fourth-order valence-corrected chi connectivity index (χ4v) is 15.0. The summed E-state index contributed by atoms with van der Waals surface area (Å²) in [6.45, 7) is 6.09. The van der Waals surface area contributed by atoms with Crippen LogP contribution in [-0.2, 0) is 4.79 Å². The molecule has 14 atom stereocenters. The van der Waals surface area contributed by atoms with E-state index in [0.717, 1.165) is 64.2 Å². The van der Waals surface area contributed by atoms with E-state index < -0.39 is 52.7 Å². The van der Waals surface area contributed by atoms with Gasteiger partial charge in [-0.1, -0.05) is 32.3 Å². The minimum absolute atomic E-state index is 0.107. The van der Waals surface area contributed by atoms with Crippen LogP contribution in [0.1, 0.15) is 111 Å². The van der Waals surface area contributed by atoms with Crippen LogP contribution < -0.4 is 0 Å². The topological polar surface area (TPSA) is 118 Å². The minimum Gasteiger partial charge on any atom is -0.394 e. The summed E-state index contributed by atoms with van der Waals surface area (Å²) in [5.41, 5.74) is -1.78. The van der Waals surface area contributed by atoms with E-state index in [1.54, 1.807) is 0 Å².